The van der Waals surface area contributed by atoms with Gasteiger partial charge in [0.25, 0.3) is 0 Å². The number of aryl methyl sites for hydroxylation is 1. The number of nitrogens with two attached hydrogens (primary N) is 1. The molecule has 1 heterocycles. The third kappa shape index (κ3) is 4.31. The molecule has 2 N–H and O–H groups in total. The molecule has 0 saturated carbocycles. The van der Waals surface area contributed by atoms with Crippen molar-refractivity contribution in [2.24, 2.45) is 5.73 Å². The van der Waals surface area contributed by atoms with Gasteiger partial charge < -0.3 is 10.5 Å². The van der Waals surface area contributed by atoms with Gasteiger partial charge in [0, 0.05) is 12.0 Å². The first-order valence-corrected chi connectivity index (χ1v) is 7.44. The van der Waals surface area contributed by atoms with E-state index in [0.717, 1.165) is 31.2 Å². The number of carbonyl (C=O) groups excluding carboxylic acids is 3. The second-order valence-electron chi connectivity index (χ2n) is 5.28. The smallest absolute Gasteiger partial charge is 0.416 e. The number of imide groups is 1. The third-order valence-electron chi connectivity index (χ3n) is 3.66. The molecule has 0 bridgehead atoms. The van der Waals surface area contributed by atoms with Gasteiger partial charge in [0.1, 0.15) is 6.61 Å². The van der Waals surface area contributed by atoms with Crippen LogP contribution in [0.3, 0.4) is 0 Å². The Balaban J connectivity index is 1.64. The van der Waals surface area contributed by atoms with Crippen LogP contribution in [-0.2, 0) is 16.0 Å². The molecule has 6 nitrogen and oxygen atoms in total. The summed E-state index contributed by atoms with van der Waals surface area (Å²) in [5.41, 5.74) is 6.83. The van der Waals surface area contributed by atoms with Gasteiger partial charge >= 0.3 is 6.09 Å². The molecule has 1 aromatic carbocycles. The van der Waals surface area contributed by atoms with Crippen LogP contribution in [0.1, 0.15) is 41.6 Å². The van der Waals surface area contributed by atoms with E-state index in [1.165, 1.54) is 4.90 Å². The van der Waals surface area contributed by atoms with E-state index in [-0.39, 0.29) is 5.91 Å². The second-order valence-corrected chi connectivity index (χ2v) is 5.28. The quantitative estimate of drug-likeness (QED) is 0.779. The molecule has 0 aromatic heterocycles. The Morgan fingerprint density at radius 1 is 1.14 bits per heavy atom. The van der Waals surface area contributed by atoms with E-state index in [1.54, 1.807) is 12.1 Å². The van der Waals surface area contributed by atoms with Crippen molar-refractivity contribution in [1.29, 1.82) is 0 Å². The van der Waals surface area contributed by atoms with Crippen LogP contribution in [-0.4, -0.2) is 36.0 Å². The molecule has 0 radical (unpaired) electrons. The summed E-state index contributed by atoms with van der Waals surface area (Å²) in [5.74, 6) is -0.584. The van der Waals surface area contributed by atoms with Crippen LogP contribution in [0.25, 0.3) is 0 Å². The molecule has 1 aliphatic rings. The summed E-state index contributed by atoms with van der Waals surface area (Å²) in [4.78, 5) is 35.1. The lowest BCUT2D eigenvalue weighted by Crippen LogP contribution is -2.31. The number of hydrogen-bond donors (Lipinski definition) is 1. The van der Waals surface area contributed by atoms with Crippen molar-refractivity contribution < 1.29 is 19.1 Å². The van der Waals surface area contributed by atoms with Gasteiger partial charge in [-0.1, -0.05) is 18.6 Å². The van der Waals surface area contributed by atoms with Crippen LogP contribution in [0.5, 0.6) is 0 Å². The van der Waals surface area contributed by atoms with Crippen molar-refractivity contribution in [3.05, 3.63) is 35.4 Å². The summed E-state index contributed by atoms with van der Waals surface area (Å²) >= 11 is 0. The number of hydrogen-bond acceptors (Lipinski definition) is 4. The normalized spacial score (nSPS) is 14.0. The first kappa shape index (κ1) is 16.0. The van der Waals surface area contributed by atoms with Crippen LogP contribution in [0.15, 0.2) is 24.3 Å². The fraction of sp³-hybridized carbons (Fsp3) is 0.438. The molecule has 3 amide bonds. The zero-order chi connectivity index (χ0) is 15.9. The minimum atomic E-state index is -0.528. The van der Waals surface area contributed by atoms with E-state index in [0.29, 0.717) is 25.1 Å². The van der Waals surface area contributed by atoms with Crippen LogP contribution in [0, 0.1) is 0 Å². The summed E-state index contributed by atoms with van der Waals surface area (Å²) in [7, 11) is 0. The summed E-state index contributed by atoms with van der Waals surface area (Å²) in [6.45, 7) is 0.662. The molecule has 0 atom stereocenters. The Bertz CT molecular complexity index is 554. The number of unbranched alkanes of at least 4 members (excludes halogenated alkanes) is 2. The molecule has 22 heavy (non-hydrogen) atoms. The van der Waals surface area contributed by atoms with Crippen LogP contribution in [0.2, 0.25) is 0 Å². The second kappa shape index (κ2) is 7.59. The predicted molar refractivity (Wildman–Crippen MR) is 80.2 cm³/mol. The van der Waals surface area contributed by atoms with Crippen molar-refractivity contribution >= 4 is 17.9 Å². The number of nitrogens with zero attached hydrogens (tertiary/aromatic N) is 1. The van der Waals surface area contributed by atoms with Crippen LogP contribution in [0.4, 0.5) is 4.79 Å². The average molecular weight is 304 g/mol. The van der Waals surface area contributed by atoms with Gasteiger partial charge in [-0.25, -0.2) is 9.69 Å². The third-order valence-corrected chi connectivity index (χ3v) is 3.66. The Kier molecular flexibility index (Phi) is 5.52. The lowest BCUT2D eigenvalue weighted by Gasteiger charge is -2.10. The highest BCUT2D eigenvalue weighted by Gasteiger charge is 2.27. The number of amides is 3. The van der Waals surface area contributed by atoms with Crippen LogP contribution < -0.4 is 5.73 Å². The van der Waals surface area contributed by atoms with E-state index < -0.39 is 12.0 Å². The van der Waals surface area contributed by atoms with Crippen LogP contribution >= 0.6 is 0 Å². The molecule has 0 aliphatic carbocycles. The zero-order valence-electron chi connectivity index (χ0n) is 12.4. The summed E-state index contributed by atoms with van der Waals surface area (Å²) in [5, 5.41) is 0. The summed E-state index contributed by atoms with van der Waals surface area (Å²) in [6, 6.07) is 7.23. The SMILES string of the molecule is NC(=O)c1ccc(CCCCCC(=O)N2CCOC2=O)cc1. The molecule has 118 valence electrons. The topological polar surface area (TPSA) is 89.7 Å². The number of primary amides is 1. The molecule has 1 fully saturated rings. The Labute approximate surface area is 129 Å². The first-order valence-electron chi connectivity index (χ1n) is 7.44. The van der Waals surface area contributed by atoms with E-state index in [2.05, 4.69) is 0 Å². The fourth-order valence-corrected chi connectivity index (χ4v) is 2.37. The lowest BCUT2D eigenvalue weighted by atomic mass is 10.0. The van der Waals surface area contributed by atoms with Gasteiger partial charge in [0.15, 0.2) is 0 Å². The van der Waals surface area contributed by atoms with E-state index in [4.69, 9.17) is 10.5 Å². The Morgan fingerprint density at radius 3 is 2.45 bits per heavy atom. The molecule has 1 saturated heterocycles. The van der Waals surface area contributed by atoms with Gasteiger partial charge in [0.2, 0.25) is 11.8 Å². The van der Waals surface area contributed by atoms with Crippen molar-refractivity contribution in [2.45, 2.75) is 32.1 Å². The Hall–Kier alpha value is -2.37. The molecular weight excluding hydrogens is 284 g/mol. The number of ether oxygens (including phenoxy) is 1. The Morgan fingerprint density at radius 2 is 1.86 bits per heavy atom. The standard InChI is InChI=1S/C16H20N2O4/c17-15(20)13-8-6-12(7-9-13)4-2-1-3-5-14(19)18-10-11-22-16(18)21/h6-9H,1-5,10-11H2,(H2,17,20). The number of cyclic esters (lactones) is 1. The van der Waals surface area contributed by atoms with Gasteiger partial charge in [-0.2, -0.15) is 0 Å². The van der Waals surface area contributed by atoms with Crippen molar-refractivity contribution in [2.75, 3.05) is 13.2 Å². The molecule has 2 rings (SSSR count). The highest BCUT2D eigenvalue weighted by Crippen LogP contribution is 2.12. The summed E-state index contributed by atoms with van der Waals surface area (Å²) in [6.07, 6.45) is 3.34. The van der Waals surface area contributed by atoms with E-state index in [9.17, 15) is 14.4 Å². The maximum atomic E-state index is 11.8. The van der Waals surface area contributed by atoms with Crippen molar-refractivity contribution in [3.63, 3.8) is 0 Å². The highest BCUT2D eigenvalue weighted by molar-refractivity contribution is 5.93. The molecule has 1 aliphatic heterocycles. The van der Waals surface area contributed by atoms with E-state index >= 15 is 0 Å². The van der Waals surface area contributed by atoms with Gasteiger partial charge in [-0.15, -0.1) is 0 Å². The zero-order valence-corrected chi connectivity index (χ0v) is 12.4. The maximum Gasteiger partial charge on any atom is 0.416 e. The average Bonchev–Trinajstić information content (AvgIpc) is 2.93. The lowest BCUT2D eigenvalue weighted by molar-refractivity contribution is -0.127. The molecule has 1 aromatic rings. The molecule has 0 unspecified atom stereocenters. The molecule has 0 spiro atoms. The number of benzene rings is 1. The molecular formula is C16H20N2O4. The molecule has 6 heteroatoms. The minimum absolute atomic E-state index is 0.159. The van der Waals surface area contributed by atoms with Gasteiger partial charge in [0.05, 0.1) is 6.54 Å². The van der Waals surface area contributed by atoms with E-state index in [1.807, 2.05) is 12.1 Å². The largest absolute Gasteiger partial charge is 0.447 e. The minimum Gasteiger partial charge on any atom is -0.447 e. The van der Waals surface area contributed by atoms with Gasteiger partial charge in [-0.05, 0) is 37.0 Å². The fourth-order valence-electron chi connectivity index (χ4n) is 2.37. The van der Waals surface area contributed by atoms with Gasteiger partial charge in [-0.3, -0.25) is 9.59 Å². The highest BCUT2D eigenvalue weighted by atomic mass is 16.6. The maximum absolute atomic E-state index is 11.8. The number of carbonyl (C=O) groups is 3. The number of rotatable bonds is 7. The van der Waals surface area contributed by atoms with Crippen molar-refractivity contribution in [3.8, 4) is 0 Å². The first-order chi connectivity index (χ1) is 10.6. The monoisotopic (exact) mass is 304 g/mol. The van der Waals surface area contributed by atoms with Crippen molar-refractivity contribution in [1.82, 2.24) is 4.90 Å². The summed E-state index contributed by atoms with van der Waals surface area (Å²) < 4.78 is 4.73. The predicted octanol–water partition coefficient (Wildman–Crippen LogP) is 1.87.